The summed E-state index contributed by atoms with van der Waals surface area (Å²) >= 11 is 5.98. The van der Waals surface area contributed by atoms with Crippen molar-refractivity contribution in [1.82, 2.24) is 0 Å². The molecular formula is C12H16ClN3O2. The van der Waals surface area contributed by atoms with Gasteiger partial charge in [0.15, 0.2) is 5.84 Å². The van der Waals surface area contributed by atoms with E-state index in [0.717, 1.165) is 6.42 Å². The second-order valence-corrected chi connectivity index (χ2v) is 4.39. The van der Waals surface area contributed by atoms with Gasteiger partial charge < -0.3 is 16.3 Å². The predicted octanol–water partition coefficient (Wildman–Crippen LogP) is 2.42. The zero-order chi connectivity index (χ0) is 13.7. The average molecular weight is 270 g/mol. The van der Waals surface area contributed by atoms with E-state index >= 15 is 0 Å². The van der Waals surface area contributed by atoms with E-state index in [1.54, 1.807) is 18.2 Å². The Morgan fingerprint density at radius 3 is 2.83 bits per heavy atom. The van der Waals surface area contributed by atoms with Gasteiger partial charge in [-0.1, -0.05) is 30.6 Å². The summed E-state index contributed by atoms with van der Waals surface area (Å²) in [6.45, 7) is 3.76. The van der Waals surface area contributed by atoms with Crippen LogP contribution in [0.3, 0.4) is 0 Å². The minimum Gasteiger partial charge on any atom is -0.409 e. The maximum Gasteiger partial charge on any atom is 0.227 e. The second-order valence-electron chi connectivity index (χ2n) is 3.98. The molecule has 98 valence electrons. The third kappa shape index (κ3) is 3.37. The molecule has 0 radical (unpaired) electrons. The van der Waals surface area contributed by atoms with E-state index in [9.17, 15) is 4.79 Å². The van der Waals surface area contributed by atoms with Gasteiger partial charge in [-0.25, -0.2) is 0 Å². The van der Waals surface area contributed by atoms with Crippen molar-refractivity contribution in [2.24, 2.45) is 16.8 Å². The fourth-order valence-corrected chi connectivity index (χ4v) is 1.44. The Hall–Kier alpha value is -1.75. The molecule has 1 rings (SSSR count). The van der Waals surface area contributed by atoms with Crippen molar-refractivity contribution in [3.8, 4) is 0 Å². The van der Waals surface area contributed by atoms with E-state index in [-0.39, 0.29) is 17.7 Å². The van der Waals surface area contributed by atoms with Gasteiger partial charge >= 0.3 is 0 Å². The van der Waals surface area contributed by atoms with Gasteiger partial charge in [0.1, 0.15) is 0 Å². The topological polar surface area (TPSA) is 87.7 Å². The molecule has 18 heavy (non-hydrogen) atoms. The number of nitrogens with zero attached hydrogens (tertiary/aromatic N) is 1. The summed E-state index contributed by atoms with van der Waals surface area (Å²) < 4.78 is 0. The van der Waals surface area contributed by atoms with Crippen LogP contribution in [0.15, 0.2) is 23.4 Å². The third-order valence-electron chi connectivity index (χ3n) is 2.69. The lowest BCUT2D eigenvalue weighted by Gasteiger charge is -2.12. The summed E-state index contributed by atoms with van der Waals surface area (Å²) in [5.74, 6) is -0.254. The Labute approximate surface area is 111 Å². The monoisotopic (exact) mass is 269 g/mol. The first kappa shape index (κ1) is 14.3. The molecule has 0 spiro atoms. The molecule has 0 fully saturated rings. The van der Waals surface area contributed by atoms with Crippen LogP contribution in [0.1, 0.15) is 25.8 Å². The Balaban J connectivity index is 2.98. The normalized spacial score (nSPS) is 13.2. The lowest BCUT2D eigenvalue weighted by Crippen LogP contribution is -2.20. The van der Waals surface area contributed by atoms with Crippen molar-refractivity contribution in [2.75, 3.05) is 5.32 Å². The van der Waals surface area contributed by atoms with Crippen molar-refractivity contribution in [1.29, 1.82) is 0 Å². The van der Waals surface area contributed by atoms with E-state index in [0.29, 0.717) is 16.3 Å². The zero-order valence-corrected chi connectivity index (χ0v) is 11.0. The van der Waals surface area contributed by atoms with Crippen molar-refractivity contribution >= 4 is 29.0 Å². The van der Waals surface area contributed by atoms with Crippen molar-refractivity contribution in [3.05, 3.63) is 28.8 Å². The molecule has 1 amide bonds. The molecule has 0 aliphatic heterocycles. The maximum absolute atomic E-state index is 11.8. The lowest BCUT2D eigenvalue weighted by molar-refractivity contribution is -0.119. The van der Waals surface area contributed by atoms with E-state index in [1.165, 1.54) is 0 Å². The zero-order valence-electron chi connectivity index (χ0n) is 10.3. The number of carbonyl (C=O) groups is 1. The number of nitrogens with two attached hydrogens (primary N) is 1. The van der Waals surface area contributed by atoms with Gasteiger partial charge in [0.2, 0.25) is 5.91 Å². The molecule has 0 saturated carbocycles. The van der Waals surface area contributed by atoms with Crippen LogP contribution in [0, 0.1) is 5.92 Å². The molecule has 0 aliphatic carbocycles. The number of halogens is 1. The second kappa shape index (κ2) is 6.26. The Morgan fingerprint density at radius 1 is 1.61 bits per heavy atom. The molecule has 0 aliphatic rings. The summed E-state index contributed by atoms with van der Waals surface area (Å²) in [5.41, 5.74) is 6.41. The molecular weight excluding hydrogens is 254 g/mol. The van der Waals surface area contributed by atoms with Gasteiger partial charge in [-0.05, 0) is 24.6 Å². The van der Waals surface area contributed by atoms with Crippen LogP contribution >= 0.6 is 11.6 Å². The number of nitrogens with one attached hydrogen (secondary N) is 1. The quantitative estimate of drug-likeness (QED) is 0.339. The minimum absolute atomic E-state index is 0.0364. The maximum atomic E-state index is 11.8. The van der Waals surface area contributed by atoms with Crippen molar-refractivity contribution in [2.45, 2.75) is 20.3 Å². The molecule has 5 nitrogen and oxygen atoms in total. The summed E-state index contributed by atoms with van der Waals surface area (Å²) in [6.07, 6.45) is 0.739. The average Bonchev–Trinajstić information content (AvgIpc) is 2.39. The molecule has 1 aromatic carbocycles. The predicted molar refractivity (Wildman–Crippen MR) is 72.0 cm³/mol. The van der Waals surface area contributed by atoms with Crippen LogP contribution in [0.4, 0.5) is 5.69 Å². The lowest BCUT2D eigenvalue weighted by atomic mass is 10.1. The fourth-order valence-electron chi connectivity index (χ4n) is 1.28. The van der Waals surface area contributed by atoms with Crippen LogP contribution in [-0.4, -0.2) is 17.0 Å². The summed E-state index contributed by atoms with van der Waals surface area (Å²) in [6, 6.07) is 4.76. The van der Waals surface area contributed by atoms with Gasteiger partial charge in [-0.2, -0.15) is 0 Å². The number of rotatable bonds is 4. The number of anilines is 1. The highest BCUT2D eigenvalue weighted by Crippen LogP contribution is 2.23. The molecule has 4 N–H and O–H groups in total. The van der Waals surface area contributed by atoms with Crippen LogP contribution < -0.4 is 11.1 Å². The number of amidine groups is 1. The highest BCUT2D eigenvalue weighted by molar-refractivity contribution is 6.34. The molecule has 1 atom stereocenters. The molecule has 0 heterocycles. The van der Waals surface area contributed by atoms with Crippen molar-refractivity contribution < 1.29 is 10.0 Å². The van der Waals surface area contributed by atoms with Crippen molar-refractivity contribution in [3.63, 3.8) is 0 Å². The van der Waals surface area contributed by atoms with E-state index < -0.39 is 0 Å². The van der Waals surface area contributed by atoms with Crippen LogP contribution in [-0.2, 0) is 4.79 Å². The molecule has 1 unspecified atom stereocenters. The highest BCUT2D eigenvalue weighted by atomic mass is 35.5. The summed E-state index contributed by atoms with van der Waals surface area (Å²) in [5, 5.41) is 14.6. The first-order valence-electron chi connectivity index (χ1n) is 5.57. The van der Waals surface area contributed by atoms with Crippen LogP contribution in [0.2, 0.25) is 5.02 Å². The smallest absolute Gasteiger partial charge is 0.227 e. The van der Waals surface area contributed by atoms with Gasteiger partial charge in [-0.3, -0.25) is 4.79 Å². The minimum atomic E-state index is -0.115. The fraction of sp³-hybridized carbons (Fsp3) is 0.333. The standard InChI is InChI=1S/C12H16ClN3O2/c1-3-7(2)12(17)15-10-6-8(11(14)16-18)4-5-9(10)13/h4-7,18H,3H2,1-2H3,(H2,14,16)(H,15,17). The SMILES string of the molecule is CCC(C)C(=O)Nc1cc(C(N)=NO)ccc1Cl. The van der Waals surface area contributed by atoms with E-state index in [1.807, 2.05) is 13.8 Å². The number of oxime groups is 1. The van der Waals surface area contributed by atoms with Gasteiger partial charge in [-0.15, -0.1) is 0 Å². The molecule has 0 aromatic heterocycles. The third-order valence-corrected chi connectivity index (χ3v) is 3.02. The number of carbonyl (C=O) groups excluding carboxylic acids is 1. The molecule has 0 saturated heterocycles. The van der Waals surface area contributed by atoms with Gasteiger partial charge in [0.25, 0.3) is 0 Å². The summed E-state index contributed by atoms with van der Waals surface area (Å²) in [4.78, 5) is 11.8. The molecule has 1 aromatic rings. The first-order chi connectivity index (χ1) is 8.49. The number of hydrogen-bond acceptors (Lipinski definition) is 3. The Morgan fingerprint density at radius 2 is 2.28 bits per heavy atom. The molecule has 6 heteroatoms. The van der Waals surface area contributed by atoms with E-state index in [2.05, 4.69) is 10.5 Å². The highest BCUT2D eigenvalue weighted by Gasteiger charge is 2.13. The Kier molecular flexibility index (Phi) is 4.97. The van der Waals surface area contributed by atoms with E-state index in [4.69, 9.17) is 22.5 Å². The van der Waals surface area contributed by atoms with Gasteiger partial charge in [0.05, 0.1) is 10.7 Å². The number of hydrogen-bond donors (Lipinski definition) is 3. The number of amides is 1. The summed E-state index contributed by atoms with van der Waals surface area (Å²) in [7, 11) is 0. The van der Waals surface area contributed by atoms with Crippen LogP contribution in [0.25, 0.3) is 0 Å². The Bertz CT molecular complexity index is 474. The van der Waals surface area contributed by atoms with Gasteiger partial charge in [0, 0.05) is 11.5 Å². The largest absolute Gasteiger partial charge is 0.409 e. The molecule has 0 bridgehead atoms. The first-order valence-corrected chi connectivity index (χ1v) is 5.95. The number of benzene rings is 1. The van der Waals surface area contributed by atoms with Crippen LogP contribution in [0.5, 0.6) is 0 Å².